The van der Waals surface area contributed by atoms with E-state index in [0.717, 1.165) is 21.1 Å². The van der Waals surface area contributed by atoms with E-state index in [4.69, 9.17) is 4.74 Å². The van der Waals surface area contributed by atoms with Crippen molar-refractivity contribution < 1.29 is 14.3 Å². The summed E-state index contributed by atoms with van der Waals surface area (Å²) in [6.07, 6.45) is 1.66. The number of benzene rings is 2. The largest absolute Gasteiger partial charge is 0.468 e. The lowest BCUT2D eigenvalue weighted by atomic mass is 10.2. The number of fused-ring (bicyclic) bond motifs is 2. The zero-order valence-electron chi connectivity index (χ0n) is 13.9. The number of rotatable bonds is 3. The number of aromatic nitrogens is 2. The highest BCUT2D eigenvalue weighted by Gasteiger charge is 2.14. The third-order valence-corrected chi connectivity index (χ3v) is 5.18. The number of amides is 1. The first-order valence-electron chi connectivity index (χ1n) is 7.98. The highest BCUT2D eigenvalue weighted by Crippen LogP contribution is 2.20. The van der Waals surface area contributed by atoms with Crippen LogP contribution in [0.1, 0.15) is 10.4 Å². The second-order valence-corrected chi connectivity index (χ2v) is 6.69. The van der Waals surface area contributed by atoms with Gasteiger partial charge in [0.05, 0.1) is 22.9 Å². The predicted octanol–water partition coefficient (Wildman–Crippen LogP) is 3.10. The number of carbonyl (C=O) groups excluding carboxylic acids is 2. The van der Waals surface area contributed by atoms with Gasteiger partial charge in [-0.25, -0.2) is 0 Å². The first-order chi connectivity index (χ1) is 12.7. The molecule has 0 radical (unpaired) electrons. The van der Waals surface area contributed by atoms with Crippen molar-refractivity contribution in [1.29, 1.82) is 0 Å². The lowest BCUT2D eigenvalue weighted by molar-refractivity contribution is -0.141. The maximum Gasteiger partial charge on any atom is 0.325 e. The molecule has 7 heteroatoms. The number of carbonyl (C=O) groups is 2. The van der Waals surface area contributed by atoms with Gasteiger partial charge in [-0.2, -0.15) is 4.99 Å². The Balaban J connectivity index is 1.86. The second kappa shape index (κ2) is 6.61. The lowest BCUT2D eigenvalue weighted by Gasteiger charge is -2.03. The van der Waals surface area contributed by atoms with Crippen molar-refractivity contribution in [2.75, 3.05) is 7.11 Å². The molecule has 6 nitrogen and oxygen atoms in total. The summed E-state index contributed by atoms with van der Waals surface area (Å²) in [6, 6.07) is 15.2. The van der Waals surface area contributed by atoms with Gasteiger partial charge < -0.3 is 14.3 Å². The predicted molar refractivity (Wildman–Crippen MR) is 100 cm³/mol. The molecule has 26 heavy (non-hydrogen) atoms. The van der Waals surface area contributed by atoms with E-state index in [2.05, 4.69) is 9.98 Å². The quantitative estimate of drug-likeness (QED) is 0.567. The fourth-order valence-electron chi connectivity index (χ4n) is 2.85. The Bertz CT molecular complexity index is 1200. The first kappa shape index (κ1) is 16.3. The van der Waals surface area contributed by atoms with E-state index < -0.39 is 5.97 Å². The number of aromatic amines is 1. The van der Waals surface area contributed by atoms with Crippen LogP contribution in [0.15, 0.2) is 59.7 Å². The van der Waals surface area contributed by atoms with Crippen LogP contribution in [0.5, 0.6) is 0 Å². The SMILES string of the molecule is COC(=O)Cn1c(=NC(=O)c2c[nH]c3ccccc23)sc2ccccc21. The zero-order valence-corrected chi connectivity index (χ0v) is 14.7. The smallest absolute Gasteiger partial charge is 0.325 e. The summed E-state index contributed by atoms with van der Waals surface area (Å²) in [6.45, 7) is 0.000507. The third-order valence-electron chi connectivity index (χ3n) is 4.12. The third kappa shape index (κ3) is 2.82. The van der Waals surface area contributed by atoms with Gasteiger partial charge in [0.25, 0.3) is 5.91 Å². The van der Waals surface area contributed by atoms with E-state index in [1.807, 2.05) is 48.5 Å². The minimum absolute atomic E-state index is 0.000507. The van der Waals surface area contributed by atoms with Gasteiger partial charge in [-0.1, -0.05) is 41.7 Å². The van der Waals surface area contributed by atoms with E-state index in [0.29, 0.717) is 10.4 Å². The molecule has 130 valence electrons. The molecule has 2 aromatic carbocycles. The summed E-state index contributed by atoms with van der Waals surface area (Å²) < 4.78 is 7.43. The minimum atomic E-state index is -0.394. The van der Waals surface area contributed by atoms with E-state index >= 15 is 0 Å². The molecular formula is C19H15N3O3S. The highest BCUT2D eigenvalue weighted by molar-refractivity contribution is 7.16. The molecule has 0 atom stereocenters. The topological polar surface area (TPSA) is 76.5 Å². The standard InChI is InChI=1S/C19H15N3O3S/c1-25-17(23)11-22-15-8-4-5-9-16(15)26-19(22)21-18(24)13-10-20-14-7-3-2-6-12(13)14/h2-10,20H,11H2,1H3. The Morgan fingerprint density at radius 1 is 1.15 bits per heavy atom. The highest BCUT2D eigenvalue weighted by atomic mass is 32.1. The molecule has 0 unspecified atom stereocenters. The molecule has 4 aromatic rings. The molecule has 0 bridgehead atoms. The van der Waals surface area contributed by atoms with Crippen LogP contribution in [0.2, 0.25) is 0 Å². The monoisotopic (exact) mass is 365 g/mol. The molecule has 4 rings (SSSR count). The molecule has 2 heterocycles. The summed E-state index contributed by atoms with van der Waals surface area (Å²) in [7, 11) is 1.34. The molecule has 2 aromatic heterocycles. The summed E-state index contributed by atoms with van der Waals surface area (Å²) >= 11 is 1.36. The van der Waals surface area contributed by atoms with Crippen molar-refractivity contribution in [3.8, 4) is 0 Å². The fourth-order valence-corrected chi connectivity index (χ4v) is 3.88. The number of hydrogen-bond acceptors (Lipinski definition) is 4. The zero-order chi connectivity index (χ0) is 18.1. The summed E-state index contributed by atoms with van der Waals surface area (Å²) in [4.78, 5) is 32.4. The van der Waals surface area contributed by atoms with Crippen molar-refractivity contribution in [3.05, 3.63) is 65.1 Å². The maximum absolute atomic E-state index is 12.8. The van der Waals surface area contributed by atoms with Gasteiger partial charge in [-0.05, 0) is 18.2 Å². The summed E-state index contributed by atoms with van der Waals surface area (Å²) in [5, 5.41) is 0.821. The van der Waals surface area contributed by atoms with E-state index in [1.165, 1.54) is 18.4 Å². The average Bonchev–Trinajstić information content (AvgIpc) is 3.23. The first-order valence-corrected chi connectivity index (χ1v) is 8.79. The van der Waals surface area contributed by atoms with Gasteiger partial charge in [0, 0.05) is 17.1 Å². The number of esters is 1. The van der Waals surface area contributed by atoms with Crippen LogP contribution in [-0.4, -0.2) is 28.5 Å². The van der Waals surface area contributed by atoms with Gasteiger partial charge in [0.1, 0.15) is 6.54 Å². The molecule has 1 amide bonds. The van der Waals surface area contributed by atoms with Crippen LogP contribution in [0.3, 0.4) is 0 Å². The van der Waals surface area contributed by atoms with E-state index in [1.54, 1.807) is 10.8 Å². The summed E-state index contributed by atoms with van der Waals surface area (Å²) in [5.74, 6) is -0.748. The maximum atomic E-state index is 12.8. The van der Waals surface area contributed by atoms with Crippen LogP contribution in [0.25, 0.3) is 21.1 Å². The number of nitrogens with one attached hydrogen (secondary N) is 1. The number of para-hydroxylation sites is 2. The van der Waals surface area contributed by atoms with Crippen molar-refractivity contribution in [3.63, 3.8) is 0 Å². The van der Waals surface area contributed by atoms with Gasteiger partial charge in [-0.3, -0.25) is 9.59 Å². The normalized spacial score (nSPS) is 12.0. The van der Waals surface area contributed by atoms with Crippen molar-refractivity contribution in [2.45, 2.75) is 6.54 Å². The van der Waals surface area contributed by atoms with Crippen LogP contribution >= 0.6 is 11.3 Å². The van der Waals surface area contributed by atoms with E-state index in [-0.39, 0.29) is 12.5 Å². The molecule has 0 aliphatic heterocycles. The van der Waals surface area contributed by atoms with Crippen molar-refractivity contribution in [2.24, 2.45) is 4.99 Å². The molecule has 0 aliphatic rings. The van der Waals surface area contributed by atoms with Gasteiger partial charge in [-0.15, -0.1) is 0 Å². The number of hydrogen-bond donors (Lipinski definition) is 1. The van der Waals surface area contributed by atoms with Crippen molar-refractivity contribution >= 4 is 44.3 Å². The van der Waals surface area contributed by atoms with Crippen LogP contribution in [0, 0.1) is 0 Å². The average molecular weight is 365 g/mol. The van der Waals surface area contributed by atoms with Crippen LogP contribution in [0.4, 0.5) is 0 Å². The van der Waals surface area contributed by atoms with Crippen LogP contribution < -0.4 is 4.80 Å². The molecule has 1 N–H and O–H groups in total. The molecule has 0 spiro atoms. The second-order valence-electron chi connectivity index (χ2n) is 5.68. The van der Waals surface area contributed by atoms with Gasteiger partial charge >= 0.3 is 5.97 Å². The van der Waals surface area contributed by atoms with Crippen molar-refractivity contribution in [1.82, 2.24) is 9.55 Å². The minimum Gasteiger partial charge on any atom is -0.468 e. The molecular weight excluding hydrogens is 350 g/mol. The number of ether oxygens (including phenoxy) is 1. The van der Waals surface area contributed by atoms with Gasteiger partial charge in [0.15, 0.2) is 4.80 Å². The van der Waals surface area contributed by atoms with Gasteiger partial charge in [0.2, 0.25) is 0 Å². The fraction of sp³-hybridized carbons (Fsp3) is 0.105. The Labute approximate surface area is 152 Å². The Kier molecular flexibility index (Phi) is 4.14. The number of thiazole rings is 1. The Hall–Kier alpha value is -3.19. The number of nitrogens with zero attached hydrogens (tertiary/aromatic N) is 2. The number of H-pyrrole nitrogens is 1. The molecule has 0 aliphatic carbocycles. The molecule has 0 saturated heterocycles. The number of methoxy groups -OCH3 is 1. The lowest BCUT2D eigenvalue weighted by Crippen LogP contribution is -2.22. The Morgan fingerprint density at radius 3 is 2.77 bits per heavy atom. The van der Waals surface area contributed by atoms with E-state index in [9.17, 15) is 9.59 Å². The van der Waals surface area contributed by atoms with Crippen LogP contribution in [-0.2, 0) is 16.1 Å². The Morgan fingerprint density at radius 2 is 1.92 bits per heavy atom. The summed E-state index contributed by atoms with van der Waals surface area (Å²) in [5.41, 5.74) is 2.22. The molecule has 0 saturated carbocycles. The molecule has 0 fully saturated rings.